The molecule has 0 aliphatic heterocycles. The topological polar surface area (TPSA) is 81.8 Å². The Morgan fingerprint density at radius 3 is 2.65 bits per heavy atom. The number of benzene rings is 2. The third-order valence-electron chi connectivity index (χ3n) is 5.15. The second kappa shape index (κ2) is 7.83. The summed E-state index contributed by atoms with van der Waals surface area (Å²) < 4.78 is 2.95. The minimum atomic E-state index is -0.389. The zero-order valence-corrected chi connectivity index (χ0v) is 17.8. The van der Waals surface area contributed by atoms with Crippen molar-refractivity contribution in [3.05, 3.63) is 81.0 Å². The van der Waals surface area contributed by atoms with Crippen LogP contribution in [0.5, 0.6) is 0 Å². The van der Waals surface area contributed by atoms with Gasteiger partial charge in [-0.3, -0.25) is 14.2 Å². The van der Waals surface area contributed by atoms with E-state index in [1.165, 1.54) is 23.0 Å². The summed E-state index contributed by atoms with van der Waals surface area (Å²) in [5.74, 6) is 0.629. The predicted molar refractivity (Wildman–Crippen MR) is 120 cm³/mol. The summed E-state index contributed by atoms with van der Waals surface area (Å²) in [7, 11) is 0. The highest BCUT2D eigenvalue weighted by molar-refractivity contribution is 6.38. The molecule has 5 rings (SSSR count). The molecule has 0 unspecified atom stereocenters. The molecular weight excluding hydrogens is 437 g/mol. The fourth-order valence-electron chi connectivity index (χ4n) is 3.48. The second-order valence-corrected chi connectivity index (χ2v) is 8.33. The molecule has 0 saturated heterocycles. The van der Waals surface area contributed by atoms with Crippen molar-refractivity contribution in [1.29, 1.82) is 0 Å². The molecule has 7 nitrogen and oxygen atoms in total. The van der Waals surface area contributed by atoms with Gasteiger partial charge in [-0.15, -0.1) is 0 Å². The Labute approximate surface area is 187 Å². The van der Waals surface area contributed by atoms with Crippen LogP contribution in [-0.4, -0.2) is 25.2 Å². The second-order valence-electron chi connectivity index (χ2n) is 7.49. The standard InChI is InChI=1S/C22H17Cl2N5O2/c23-14-8-16-21(17(24)9-14)25-12-28(22(16)31)11-20(30)26-19-10-18(13-6-7-13)27-29(19)15-4-2-1-3-5-15/h1-5,8-10,12-13H,6-7,11H2,(H,26,30). The average molecular weight is 454 g/mol. The van der Waals surface area contributed by atoms with E-state index >= 15 is 0 Å². The van der Waals surface area contributed by atoms with Crippen LogP contribution in [0.25, 0.3) is 16.6 Å². The molecule has 1 amide bonds. The Kier molecular flexibility index (Phi) is 5.00. The Morgan fingerprint density at radius 1 is 1.13 bits per heavy atom. The predicted octanol–water partition coefficient (Wildman–Crippen LogP) is 4.41. The molecule has 2 aromatic carbocycles. The quantitative estimate of drug-likeness (QED) is 0.485. The van der Waals surface area contributed by atoms with E-state index in [2.05, 4.69) is 15.4 Å². The lowest BCUT2D eigenvalue weighted by molar-refractivity contribution is -0.116. The van der Waals surface area contributed by atoms with Gasteiger partial charge in [0.1, 0.15) is 12.4 Å². The van der Waals surface area contributed by atoms with Gasteiger partial charge in [0.15, 0.2) is 0 Å². The zero-order chi connectivity index (χ0) is 21.5. The first-order valence-corrected chi connectivity index (χ1v) is 10.5. The van der Waals surface area contributed by atoms with Crippen molar-refractivity contribution >= 4 is 45.8 Å². The molecular formula is C22H17Cl2N5O2. The van der Waals surface area contributed by atoms with E-state index < -0.39 is 0 Å². The fourth-order valence-corrected chi connectivity index (χ4v) is 4.02. The number of rotatable bonds is 5. The number of hydrogen-bond acceptors (Lipinski definition) is 4. The Balaban J connectivity index is 1.44. The van der Waals surface area contributed by atoms with E-state index in [-0.39, 0.29) is 28.4 Å². The third-order valence-corrected chi connectivity index (χ3v) is 5.66. The van der Waals surface area contributed by atoms with Crippen LogP contribution in [0.2, 0.25) is 10.0 Å². The van der Waals surface area contributed by atoms with E-state index in [1.54, 1.807) is 4.68 Å². The highest BCUT2D eigenvalue weighted by Gasteiger charge is 2.28. The monoisotopic (exact) mass is 453 g/mol. The van der Waals surface area contributed by atoms with Crippen LogP contribution in [0.3, 0.4) is 0 Å². The van der Waals surface area contributed by atoms with Gasteiger partial charge in [-0.05, 0) is 37.1 Å². The number of para-hydroxylation sites is 1. The molecule has 1 saturated carbocycles. The first kappa shape index (κ1) is 19.8. The Hall–Kier alpha value is -3.16. The van der Waals surface area contributed by atoms with Crippen molar-refractivity contribution in [2.24, 2.45) is 0 Å². The summed E-state index contributed by atoms with van der Waals surface area (Å²) in [6, 6.07) is 14.5. The molecule has 4 aromatic rings. The van der Waals surface area contributed by atoms with Crippen molar-refractivity contribution in [2.45, 2.75) is 25.3 Å². The first-order chi connectivity index (χ1) is 15.0. The number of hydrogen-bond donors (Lipinski definition) is 1. The summed E-state index contributed by atoms with van der Waals surface area (Å²) in [4.78, 5) is 29.8. The maximum atomic E-state index is 12.8. The molecule has 0 spiro atoms. The SMILES string of the molecule is O=C(Cn1cnc2c(Cl)cc(Cl)cc2c1=O)Nc1cc(C2CC2)nn1-c1ccccc1. The van der Waals surface area contributed by atoms with Gasteiger partial charge in [-0.1, -0.05) is 41.4 Å². The number of halogens is 2. The number of nitrogens with zero attached hydrogens (tertiary/aromatic N) is 4. The van der Waals surface area contributed by atoms with Crippen LogP contribution in [0.15, 0.2) is 59.7 Å². The maximum absolute atomic E-state index is 12.8. The highest BCUT2D eigenvalue weighted by Crippen LogP contribution is 2.40. The van der Waals surface area contributed by atoms with Crippen LogP contribution in [0.4, 0.5) is 5.82 Å². The zero-order valence-electron chi connectivity index (χ0n) is 16.3. The van der Waals surface area contributed by atoms with Crippen molar-refractivity contribution in [3.63, 3.8) is 0 Å². The smallest absolute Gasteiger partial charge is 0.261 e. The first-order valence-electron chi connectivity index (χ1n) is 9.79. The van der Waals surface area contributed by atoms with Gasteiger partial charge < -0.3 is 5.32 Å². The average Bonchev–Trinajstić information content (AvgIpc) is 3.52. The molecule has 2 heterocycles. The van der Waals surface area contributed by atoms with Crippen LogP contribution < -0.4 is 10.9 Å². The molecule has 0 atom stereocenters. The van der Waals surface area contributed by atoms with E-state index in [9.17, 15) is 9.59 Å². The van der Waals surface area contributed by atoms with Crippen LogP contribution in [0.1, 0.15) is 24.5 Å². The molecule has 31 heavy (non-hydrogen) atoms. The van der Waals surface area contributed by atoms with Crippen LogP contribution in [0, 0.1) is 0 Å². The number of aromatic nitrogens is 4. The number of anilines is 1. The molecule has 9 heteroatoms. The lowest BCUT2D eigenvalue weighted by atomic mass is 10.2. The third kappa shape index (κ3) is 3.94. The molecule has 1 aliphatic carbocycles. The number of carbonyl (C=O) groups is 1. The van der Waals surface area contributed by atoms with Crippen LogP contribution >= 0.6 is 23.2 Å². The van der Waals surface area contributed by atoms with Crippen molar-refractivity contribution in [2.75, 3.05) is 5.32 Å². The van der Waals surface area contributed by atoms with Gasteiger partial charge in [0.05, 0.1) is 33.6 Å². The van der Waals surface area contributed by atoms with Crippen molar-refractivity contribution in [1.82, 2.24) is 19.3 Å². The summed E-state index contributed by atoms with van der Waals surface area (Å²) >= 11 is 12.1. The van der Waals surface area contributed by atoms with Gasteiger partial charge in [0, 0.05) is 17.0 Å². The minimum Gasteiger partial charge on any atom is -0.309 e. The van der Waals surface area contributed by atoms with Gasteiger partial charge in [-0.2, -0.15) is 5.10 Å². The van der Waals surface area contributed by atoms with Gasteiger partial charge in [0.2, 0.25) is 5.91 Å². The Morgan fingerprint density at radius 2 is 1.90 bits per heavy atom. The number of amides is 1. The molecule has 1 aliphatic rings. The summed E-state index contributed by atoms with van der Waals surface area (Å²) in [5, 5.41) is 8.43. The van der Waals surface area contributed by atoms with Gasteiger partial charge in [0.25, 0.3) is 5.56 Å². The summed E-state index contributed by atoms with van der Waals surface area (Å²) in [6.45, 7) is -0.204. The maximum Gasteiger partial charge on any atom is 0.261 e. The number of nitrogens with one attached hydrogen (secondary N) is 1. The van der Waals surface area contributed by atoms with Crippen molar-refractivity contribution < 1.29 is 4.79 Å². The van der Waals surface area contributed by atoms with E-state index in [1.807, 2.05) is 36.4 Å². The van der Waals surface area contributed by atoms with E-state index in [0.29, 0.717) is 22.3 Å². The van der Waals surface area contributed by atoms with E-state index in [4.69, 9.17) is 23.2 Å². The molecule has 0 radical (unpaired) electrons. The number of carbonyl (C=O) groups excluding carboxylic acids is 1. The van der Waals surface area contributed by atoms with Gasteiger partial charge >= 0.3 is 0 Å². The normalized spacial score (nSPS) is 13.5. The fraction of sp³-hybridized carbons (Fsp3) is 0.182. The molecule has 0 bridgehead atoms. The molecule has 2 aromatic heterocycles. The minimum absolute atomic E-state index is 0.204. The van der Waals surface area contributed by atoms with Gasteiger partial charge in [-0.25, -0.2) is 9.67 Å². The molecule has 156 valence electrons. The lowest BCUT2D eigenvalue weighted by Gasteiger charge is -2.10. The van der Waals surface area contributed by atoms with E-state index in [0.717, 1.165) is 24.2 Å². The highest BCUT2D eigenvalue weighted by atomic mass is 35.5. The molecule has 1 fully saturated rings. The number of fused-ring (bicyclic) bond motifs is 1. The summed E-state index contributed by atoms with van der Waals surface area (Å²) in [5.41, 5.74) is 1.76. The largest absolute Gasteiger partial charge is 0.309 e. The Bertz CT molecular complexity index is 1360. The van der Waals surface area contributed by atoms with Crippen molar-refractivity contribution in [3.8, 4) is 5.69 Å². The summed E-state index contributed by atoms with van der Waals surface area (Å²) in [6.07, 6.45) is 3.51. The van der Waals surface area contributed by atoms with Crippen LogP contribution in [-0.2, 0) is 11.3 Å². The molecule has 1 N–H and O–H groups in total. The lowest BCUT2D eigenvalue weighted by Crippen LogP contribution is -2.28.